The smallest absolute Gasteiger partial charge is 0.183 e. The van der Waals surface area contributed by atoms with Gasteiger partial charge in [-0.1, -0.05) is 44.9 Å². The van der Waals surface area contributed by atoms with Crippen molar-refractivity contribution in [1.82, 2.24) is 0 Å². The van der Waals surface area contributed by atoms with E-state index in [2.05, 4.69) is 32.3 Å². The highest BCUT2D eigenvalue weighted by Gasteiger charge is 2.12. The van der Waals surface area contributed by atoms with Crippen LogP contribution < -0.4 is 0 Å². The van der Waals surface area contributed by atoms with Crippen LogP contribution in [-0.4, -0.2) is 20.7 Å². The fraction of sp³-hybridized carbons (Fsp3) is 1.00. The predicted octanol–water partition coefficient (Wildman–Crippen LogP) is 5.28. The number of hydrogen-bond donors (Lipinski definition) is 1. The average Bonchev–Trinajstić information content (AvgIpc) is 2.24. The molecule has 3 heteroatoms. The highest BCUT2D eigenvalue weighted by molar-refractivity contribution is 7.80. The van der Waals surface area contributed by atoms with E-state index in [4.69, 9.17) is 4.43 Å². The first-order chi connectivity index (χ1) is 8.06. The normalized spacial score (nSPS) is 12.0. The monoisotopic (exact) mass is 276 g/mol. The SMILES string of the molecule is C[Si](C)(C)OCCCCCCCCCCCS. The van der Waals surface area contributed by atoms with Crippen LogP contribution in [0.25, 0.3) is 0 Å². The summed E-state index contributed by atoms with van der Waals surface area (Å²) in [4.78, 5) is 0. The molecule has 1 nitrogen and oxygen atoms in total. The van der Waals surface area contributed by atoms with Crippen molar-refractivity contribution >= 4 is 20.9 Å². The van der Waals surface area contributed by atoms with E-state index < -0.39 is 8.32 Å². The molecule has 0 radical (unpaired) electrons. The number of unbranched alkanes of at least 4 members (excludes halogenated alkanes) is 8. The largest absolute Gasteiger partial charge is 0.418 e. The zero-order chi connectivity index (χ0) is 13.0. The molecular weight excluding hydrogens is 244 g/mol. The Morgan fingerprint density at radius 3 is 1.53 bits per heavy atom. The van der Waals surface area contributed by atoms with Crippen molar-refractivity contribution < 1.29 is 4.43 Å². The van der Waals surface area contributed by atoms with Crippen molar-refractivity contribution in [3.8, 4) is 0 Å². The van der Waals surface area contributed by atoms with E-state index >= 15 is 0 Å². The Bertz CT molecular complexity index is 157. The molecule has 0 unspecified atom stereocenters. The molecule has 0 aromatic carbocycles. The van der Waals surface area contributed by atoms with Gasteiger partial charge in [-0.2, -0.15) is 12.6 Å². The molecule has 0 N–H and O–H groups in total. The molecule has 0 atom stereocenters. The highest BCUT2D eigenvalue weighted by atomic mass is 32.1. The van der Waals surface area contributed by atoms with Gasteiger partial charge in [0.1, 0.15) is 0 Å². The summed E-state index contributed by atoms with van der Waals surface area (Å²) in [5.74, 6) is 1.05. The van der Waals surface area contributed by atoms with Crippen molar-refractivity contribution in [3.63, 3.8) is 0 Å². The molecule has 0 aromatic rings. The minimum Gasteiger partial charge on any atom is -0.418 e. The summed E-state index contributed by atoms with van der Waals surface area (Å²) in [5, 5.41) is 0. The minimum atomic E-state index is -1.26. The maximum absolute atomic E-state index is 5.83. The molecule has 0 rings (SSSR count). The fourth-order valence-electron chi connectivity index (χ4n) is 1.83. The lowest BCUT2D eigenvalue weighted by atomic mass is 10.1. The zero-order valence-electron chi connectivity index (χ0n) is 12.1. The lowest BCUT2D eigenvalue weighted by Gasteiger charge is -2.16. The first-order valence-electron chi connectivity index (χ1n) is 7.31. The van der Waals surface area contributed by atoms with E-state index in [-0.39, 0.29) is 0 Å². The molecular formula is C14H32OSSi. The Labute approximate surface area is 115 Å². The second-order valence-corrected chi connectivity index (χ2v) is 10.8. The summed E-state index contributed by atoms with van der Waals surface area (Å²) >= 11 is 4.22. The van der Waals surface area contributed by atoms with Crippen LogP contribution in [-0.2, 0) is 4.43 Å². The van der Waals surface area contributed by atoms with Crippen LogP contribution in [0.15, 0.2) is 0 Å². The summed E-state index contributed by atoms with van der Waals surface area (Å²) in [7, 11) is -1.26. The van der Waals surface area contributed by atoms with Gasteiger partial charge in [0.05, 0.1) is 0 Å². The van der Waals surface area contributed by atoms with Crippen LogP contribution in [0.5, 0.6) is 0 Å². The van der Waals surface area contributed by atoms with Gasteiger partial charge in [-0.25, -0.2) is 0 Å². The fourth-order valence-corrected chi connectivity index (χ4v) is 2.81. The summed E-state index contributed by atoms with van der Waals surface area (Å²) in [6, 6.07) is 0. The van der Waals surface area contributed by atoms with Gasteiger partial charge in [-0.15, -0.1) is 0 Å². The zero-order valence-corrected chi connectivity index (χ0v) is 14.0. The molecule has 0 spiro atoms. The van der Waals surface area contributed by atoms with Gasteiger partial charge < -0.3 is 4.43 Å². The van der Waals surface area contributed by atoms with Gasteiger partial charge in [0.15, 0.2) is 8.32 Å². The van der Waals surface area contributed by atoms with Crippen LogP contribution >= 0.6 is 12.6 Å². The standard InChI is InChI=1S/C14H32OSSi/c1-17(2,3)15-13-11-9-7-5-4-6-8-10-12-14-16/h16H,4-14H2,1-3H3. The molecule has 0 saturated heterocycles. The molecule has 0 aliphatic rings. The van der Waals surface area contributed by atoms with Crippen molar-refractivity contribution in [2.45, 2.75) is 77.4 Å². The number of thiol groups is 1. The average molecular weight is 277 g/mol. The molecule has 0 bridgehead atoms. The van der Waals surface area contributed by atoms with Crippen LogP contribution in [0.3, 0.4) is 0 Å². The molecule has 0 aromatic heterocycles. The van der Waals surface area contributed by atoms with E-state index in [1.807, 2.05) is 0 Å². The van der Waals surface area contributed by atoms with Crippen molar-refractivity contribution in [1.29, 1.82) is 0 Å². The van der Waals surface area contributed by atoms with E-state index in [9.17, 15) is 0 Å². The topological polar surface area (TPSA) is 9.23 Å². The van der Waals surface area contributed by atoms with E-state index in [1.54, 1.807) is 0 Å². The van der Waals surface area contributed by atoms with E-state index in [1.165, 1.54) is 57.8 Å². The molecule has 17 heavy (non-hydrogen) atoms. The second kappa shape index (κ2) is 11.6. The lowest BCUT2D eigenvalue weighted by molar-refractivity contribution is 0.298. The maximum Gasteiger partial charge on any atom is 0.183 e. The molecule has 104 valence electrons. The number of rotatable bonds is 12. The quantitative estimate of drug-likeness (QED) is 0.290. The van der Waals surface area contributed by atoms with Crippen LogP contribution in [0, 0.1) is 0 Å². The lowest BCUT2D eigenvalue weighted by Crippen LogP contribution is -2.25. The summed E-state index contributed by atoms with van der Waals surface area (Å²) < 4.78 is 5.83. The first-order valence-corrected chi connectivity index (χ1v) is 11.3. The van der Waals surface area contributed by atoms with Gasteiger partial charge >= 0.3 is 0 Å². The van der Waals surface area contributed by atoms with E-state index in [0.717, 1.165) is 12.4 Å². The predicted molar refractivity (Wildman–Crippen MR) is 84.7 cm³/mol. The highest BCUT2D eigenvalue weighted by Crippen LogP contribution is 2.11. The van der Waals surface area contributed by atoms with Gasteiger partial charge in [0, 0.05) is 6.61 Å². The minimum absolute atomic E-state index is 0.984. The molecule has 0 saturated carbocycles. The third kappa shape index (κ3) is 16.5. The summed E-state index contributed by atoms with van der Waals surface area (Å²) in [6.45, 7) is 7.77. The molecule has 0 heterocycles. The third-order valence-electron chi connectivity index (χ3n) is 2.84. The van der Waals surface area contributed by atoms with Gasteiger partial charge in [0.2, 0.25) is 0 Å². The van der Waals surface area contributed by atoms with Crippen molar-refractivity contribution in [2.24, 2.45) is 0 Å². The maximum atomic E-state index is 5.83. The van der Waals surface area contributed by atoms with Gasteiger partial charge in [-0.05, 0) is 38.2 Å². The molecule has 0 amide bonds. The number of hydrogen-bond acceptors (Lipinski definition) is 2. The Kier molecular flexibility index (Phi) is 12.0. The van der Waals surface area contributed by atoms with Gasteiger partial charge in [-0.3, -0.25) is 0 Å². The Morgan fingerprint density at radius 2 is 1.12 bits per heavy atom. The first kappa shape index (κ1) is 17.5. The Hall–Kier alpha value is 0.527. The molecule has 0 aliphatic heterocycles. The van der Waals surface area contributed by atoms with Crippen LogP contribution in [0.4, 0.5) is 0 Å². The Morgan fingerprint density at radius 1 is 0.706 bits per heavy atom. The van der Waals surface area contributed by atoms with Crippen LogP contribution in [0.1, 0.15) is 57.8 Å². The van der Waals surface area contributed by atoms with Gasteiger partial charge in [0.25, 0.3) is 0 Å². The van der Waals surface area contributed by atoms with Crippen molar-refractivity contribution in [2.75, 3.05) is 12.4 Å². The van der Waals surface area contributed by atoms with Crippen molar-refractivity contribution in [3.05, 3.63) is 0 Å². The third-order valence-corrected chi connectivity index (χ3v) is 4.22. The van der Waals surface area contributed by atoms with E-state index in [0.29, 0.717) is 0 Å². The Balaban J connectivity index is 2.99. The van der Waals surface area contributed by atoms with Crippen LogP contribution in [0.2, 0.25) is 19.6 Å². The second-order valence-electron chi connectivity index (χ2n) is 5.87. The summed E-state index contributed by atoms with van der Waals surface area (Å²) in [6.07, 6.45) is 12.3. The molecule has 0 fully saturated rings. The summed E-state index contributed by atoms with van der Waals surface area (Å²) in [5.41, 5.74) is 0. The molecule has 0 aliphatic carbocycles.